The Morgan fingerprint density at radius 3 is 2.78 bits per heavy atom. The summed E-state index contributed by atoms with van der Waals surface area (Å²) < 4.78 is 0. The first kappa shape index (κ1) is 14.3. The molecule has 0 bridgehead atoms. The zero-order valence-corrected chi connectivity index (χ0v) is 11.7. The topological polar surface area (TPSA) is 116 Å². The Kier molecular flexibility index (Phi) is 3.49. The van der Waals surface area contributed by atoms with Crippen LogP contribution >= 0.6 is 0 Å². The highest BCUT2D eigenvalue weighted by Crippen LogP contribution is 2.25. The van der Waals surface area contributed by atoms with E-state index in [1.807, 2.05) is 6.07 Å². The van der Waals surface area contributed by atoms with Gasteiger partial charge in [-0.15, -0.1) is 0 Å². The monoisotopic (exact) mass is 306 g/mol. The second-order valence-corrected chi connectivity index (χ2v) is 4.81. The Morgan fingerprint density at radius 2 is 2.13 bits per heavy atom. The highest BCUT2D eigenvalue weighted by atomic mass is 16.6. The second-order valence-electron chi connectivity index (χ2n) is 4.81. The maximum Gasteiger partial charge on any atom is 0.270 e. The summed E-state index contributed by atoms with van der Waals surface area (Å²) in [5.41, 5.74) is 1.28. The van der Waals surface area contributed by atoms with Crippen LogP contribution in [0.2, 0.25) is 0 Å². The van der Waals surface area contributed by atoms with Crippen molar-refractivity contribution in [1.82, 2.24) is 9.97 Å². The number of H-pyrrole nitrogens is 2. The third-order valence-electron chi connectivity index (χ3n) is 3.41. The van der Waals surface area contributed by atoms with Crippen LogP contribution in [0.4, 0.5) is 5.69 Å². The highest BCUT2D eigenvalue weighted by Gasteiger charge is 2.18. The number of carbonyl (C=O) groups is 1. The van der Waals surface area contributed by atoms with E-state index < -0.39 is 10.7 Å². The number of Topliss-reactive ketones (excluding diaryl/α,β-unsaturated/α-hetero) is 1. The number of nitrogens with zero attached hydrogens (tertiary/aromatic N) is 2. The number of fused-ring (bicyclic) bond motifs is 1. The lowest BCUT2D eigenvalue weighted by Crippen LogP contribution is -2.01. The van der Waals surface area contributed by atoms with Crippen molar-refractivity contribution in [2.45, 2.75) is 0 Å². The van der Waals surface area contributed by atoms with E-state index in [0.717, 1.165) is 0 Å². The number of nitro groups is 1. The average molecular weight is 306 g/mol. The molecule has 1 aromatic carbocycles. The van der Waals surface area contributed by atoms with Crippen molar-refractivity contribution in [3.05, 3.63) is 69.7 Å². The van der Waals surface area contributed by atoms with Crippen LogP contribution in [0.15, 0.2) is 48.3 Å². The van der Waals surface area contributed by atoms with Crippen molar-refractivity contribution < 1.29 is 9.72 Å². The normalized spacial score (nSPS) is 11.3. The van der Waals surface area contributed by atoms with Gasteiger partial charge in [0, 0.05) is 46.7 Å². The van der Waals surface area contributed by atoms with E-state index in [0.29, 0.717) is 16.6 Å². The first-order chi connectivity index (χ1) is 11.1. The van der Waals surface area contributed by atoms with Gasteiger partial charge < -0.3 is 9.97 Å². The number of carbonyl (C=O) groups excluding carboxylic acids is 1. The van der Waals surface area contributed by atoms with E-state index in [9.17, 15) is 20.2 Å². The van der Waals surface area contributed by atoms with Crippen LogP contribution in [0.1, 0.15) is 16.1 Å². The summed E-state index contributed by atoms with van der Waals surface area (Å²) in [5, 5.41) is 20.5. The van der Waals surface area contributed by atoms with Crippen molar-refractivity contribution in [2.24, 2.45) is 0 Å². The van der Waals surface area contributed by atoms with Gasteiger partial charge in [-0.3, -0.25) is 14.9 Å². The third kappa shape index (κ3) is 2.61. The fourth-order valence-corrected chi connectivity index (χ4v) is 2.29. The Bertz CT molecular complexity index is 975. The van der Waals surface area contributed by atoms with Crippen molar-refractivity contribution in [3.63, 3.8) is 0 Å². The first-order valence-corrected chi connectivity index (χ1v) is 6.65. The molecule has 2 aromatic heterocycles. The zero-order valence-electron chi connectivity index (χ0n) is 11.7. The maximum atomic E-state index is 12.6. The molecule has 0 spiro atoms. The summed E-state index contributed by atoms with van der Waals surface area (Å²) in [4.78, 5) is 28.7. The lowest BCUT2D eigenvalue weighted by atomic mass is 10.0. The molecule has 112 valence electrons. The fraction of sp³-hybridized carbons (Fsp3) is 0. The van der Waals surface area contributed by atoms with Crippen molar-refractivity contribution >= 4 is 28.4 Å². The van der Waals surface area contributed by atoms with Crippen molar-refractivity contribution in [3.8, 4) is 6.07 Å². The molecule has 2 N–H and O–H groups in total. The number of benzene rings is 1. The van der Waals surface area contributed by atoms with E-state index >= 15 is 0 Å². The Labute approximate surface area is 130 Å². The molecule has 3 aromatic rings. The minimum absolute atomic E-state index is 0.0557. The van der Waals surface area contributed by atoms with Crippen LogP contribution in [0.5, 0.6) is 0 Å². The van der Waals surface area contributed by atoms with Crippen LogP contribution in [0, 0.1) is 21.4 Å². The Hall–Kier alpha value is -3.66. The molecule has 23 heavy (non-hydrogen) atoms. The van der Waals surface area contributed by atoms with E-state index in [1.165, 1.54) is 30.5 Å². The van der Waals surface area contributed by atoms with Gasteiger partial charge in [-0.25, -0.2) is 0 Å². The van der Waals surface area contributed by atoms with Crippen LogP contribution < -0.4 is 0 Å². The molecule has 0 amide bonds. The van der Waals surface area contributed by atoms with Gasteiger partial charge in [0.1, 0.15) is 11.6 Å². The van der Waals surface area contributed by atoms with Gasteiger partial charge in [0.15, 0.2) is 0 Å². The van der Waals surface area contributed by atoms with Crippen LogP contribution in [0.3, 0.4) is 0 Å². The molecule has 0 radical (unpaired) electrons. The maximum absolute atomic E-state index is 12.6. The number of rotatable bonds is 4. The average Bonchev–Trinajstić information content (AvgIpc) is 3.20. The van der Waals surface area contributed by atoms with Gasteiger partial charge in [0.05, 0.1) is 4.92 Å². The molecule has 3 rings (SSSR count). The molecule has 0 fully saturated rings. The first-order valence-electron chi connectivity index (χ1n) is 6.65. The van der Waals surface area contributed by atoms with Gasteiger partial charge in [-0.1, -0.05) is 0 Å². The standard InChI is InChI=1S/C16H10N4O3/c17-8-10(6-11-2-1-5-18-11)16(21)14-9-19-15-4-3-12(20(22)23)7-13(14)15/h1-7,9,18-19H/b10-6+. The number of hydrogen-bond donors (Lipinski definition) is 2. The number of non-ortho nitro benzene ring substituents is 1. The largest absolute Gasteiger partial charge is 0.362 e. The summed E-state index contributed by atoms with van der Waals surface area (Å²) in [6.07, 6.45) is 4.58. The third-order valence-corrected chi connectivity index (χ3v) is 3.41. The molecular formula is C16H10N4O3. The number of nitrogens with one attached hydrogen (secondary N) is 2. The minimum Gasteiger partial charge on any atom is -0.362 e. The molecule has 0 saturated carbocycles. The van der Waals surface area contributed by atoms with Gasteiger partial charge in [-0.2, -0.15) is 5.26 Å². The predicted molar refractivity (Wildman–Crippen MR) is 83.7 cm³/mol. The number of aromatic nitrogens is 2. The van der Waals surface area contributed by atoms with E-state index in [2.05, 4.69) is 9.97 Å². The molecule has 0 atom stereocenters. The van der Waals surface area contributed by atoms with Gasteiger partial charge in [-0.05, 0) is 24.3 Å². The molecule has 0 unspecified atom stereocenters. The lowest BCUT2D eigenvalue weighted by molar-refractivity contribution is -0.384. The Balaban J connectivity index is 2.08. The smallest absolute Gasteiger partial charge is 0.270 e. The van der Waals surface area contributed by atoms with Gasteiger partial charge >= 0.3 is 0 Å². The molecule has 0 aliphatic heterocycles. The number of nitriles is 1. The van der Waals surface area contributed by atoms with E-state index in [4.69, 9.17) is 0 Å². The Morgan fingerprint density at radius 1 is 1.30 bits per heavy atom. The molecule has 0 aliphatic rings. The summed E-state index contributed by atoms with van der Waals surface area (Å²) in [6, 6.07) is 9.56. The molecule has 7 heteroatoms. The fourth-order valence-electron chi connectivity index (χ4n) is 2.29. The summed E-state index contributed by atoms with van der Waals surface area (Å²) in [6.45, 7) is 0. The quantitative estimate of drug-likeness (QED) is 0.253. The minimum atomic E-state index is -0.527. The van der Waals surface area contributed by atoms with Crippen LogP contribution in [-0.4, -0.2) is 20.7 Å². The predicted octanol–water partition coefficient (Wildman–Crippen LogP) is 3.19. The molecule has 0 saturated heterocycles. The molecule has 2 heterocycles. The molecule has 7 nitrogen and oxygen atoms in total. The molecule has 0 aliphatic carbocycles. The highest BCUT2D eigenvalue weighted by molar-refractivity contribution is 6.20. The summed E-state index contributed by atoms with van der Waals surface area (Å²) in [7, 11) is 0. The number of nitro benzene ring substituents is 1. The summed E-state index contributed by atoms with van der Waals surface area (Å²) in [5.74, 6) is -0.492. The van der Waals surface area contributed by atoms with Crippen molar-refractivity contribution in [2.75, 3.05) is 0 Å². The van der Waals surface area contributed by atoms with Crippen LogP contribution in [-0.2, 0) is 0 Å². The number of aromatic amines is 2. The SMILES string of the molecule is N#C/C(=C\c1ccc[nH]1)C(=O)c1c[nH]c2ccc([N+](=O)[O-])cc12. The zero-order chi connectivity index (χ0) is 16.4. The van der Waals surface area contributed by atoms with Gasteiger partial charge in [0.25, 0.3) is 5.69 Å². The second kappa shape index (κ2) is 5.61. The van der Waals surface area contributed by atoms with Crippen LogP contribution in [0.25, 0.3) is 17.0 Å². The van der Waals surface area contributed by atoms with Gasteiger partial charge in [0.2, 0.25) is 5.78 Å². The number of hydrogen-bond acceptors (Lipinski definition) is 4. The van der Waals surface area contributed by atoms with E-state index in [1.54, 1.807) is 18.3 Å². The van der Waals surface area contributed by atoms with E-state index in [-0.39, 0.29) is 16.8 Å². The summed E-state index contributed by atoms with van der Waals surface area (Å²) >= 11 is 0. The van der Waals surface area contributed by atoms with Crippen molar-refractivity contribution in [1.29, 1.82) is 5.26 Å². The lowest BCUT2D eigenvalue weighted by Gasteiger charge is -1.98. The number of allylic oxidation sites excluding steroid dienone is 1. The molecular weight excluding hydrogens is 296 g/mol. The number of ketones is 1.